The van der Waals surface area contributed by atoms with Crippen LogP contribution in [0.1, 0.15) is 29.7 Å². The van der Waals surface area contributed by atoms with Gasteiger partial charge in [0.1, 0.15) is 11.6 Å². The number of nitrogens with zero attached hydrogens (tertiary/aromatic N) is 4. The van der Waals surface area contributed by atoms with E-state index in [1.165, 1.54) is 30.1 Å². The van der Waals surface area contributed by atoms with Crippen LogP contribution in [-0.2, 0) is 11.0 Å². The first kappa shape index (κ1) is 26.0. The van der Waals surface area contributed by atoms with Crippen LogP contribution in [0, 0.1) is 19.8 Å². The van der Waals surface area contributed by atoms with Gasteiger partial charge in [0, 0.05) is 25.5 Å². The monoisotopic (exact) mass is 517 g/mol. The van der Waals surface area contributed by atoms with Gasteiger partial charge in [0.15, 0.2) is 5.82 Å². The van der Waals surface area contributed by atoms with E-state index in [0.29, 0.717) is 37.4 Å². The molecule has 0 radical (unpaired) electrons. The van der Waals surface area contributed by atoms with Crippen molar-refractivity contribution in [2.75, 3.05) is 30.4 Å². The second kappa shape index (κ2) is 10.1. The van der Waals surface area contributed by atoms with E-state index in [-0.39, 0.29) is 23.2 Å². The molecule has 1 aliphatic rings. The molecule has 3 heterocycles. The zero-order chi connectivity index (χ0) is 26.9. The second-order valence-electron chi connectivity index (χ2n) is 8.82. The molecule has 12 heteroatoms. The Morgan fingerprint density at radius 2 is 1.89 bits per heavy atom. The summed E-state index contributed by atoms with van der Waals surface area (Å²) in [5.74, 6) is -0.982. The fourth-order valence-corrected chi connectivity index (χ4v) is 4.53. The third kappa shape index (κ3) is 5.37. The molecule has 0 bridgehead atoms. The van der Waals surface area contributed by atoms with E-state index in [1.807, 2.05) is 13.8 Å². The van der Waals surface area contributed by atoms with Crippen molar-refractivity contribution in [2.45, 2.75) is 32.9 Å². The molecule has 0 saturated carbocycles. The molecular formula is C25H26F3N5O4. The van der Waals surface area contributed by atoms with Crippen molar-refractivity contribution >= 4 is 23.2 Å². The van der Waals surface area contributed by atoms with E-state index >= 15 is 0 Å². The highest BCUT2D eigenvalue weighted by molar-refractivity contribution is 5.71. The molecule has 9 nitrogen and oxygen atoms in total. The van der Waals surface area contributed by atoms with E-state index < -0.39 is 23.3 Å². The number of piperidine rings is 1. The number of rotatable bonds is 6. The zero-order valence-corrected chi connectivity index (χ0v) is 20.5. The normalized spacial score (nSPS) is 14.5. The van der Waals surface area contributed by atoms with Gasteiger partial charge in [-0.15, -0.1) is 0 Å². The zero-order valence-electron chi connectivity index (χ0n) is 20.5. The van der Waals surface area contributed by atoms with E-state index in [2.05, 4.69) is 20.2 Å². The van der Waals surface area contributed by atoms with Crippen LogP contribution < -0.4 is 20.5 Å². The lowest BCUT2D eigenvalue weighted by Gasteiger charge is -2.33. The third-order valence-corrected chi connectivity index (χ3v) is 6.37. The van der Waals surface area contributed by atoms with Gasteiger partial charge < -0.3 is 20.1 Å². The fraction of sp³-hybridized carbons (Fsp3) is 0.360. The molecule has 0 unspecified atom stereocenters. The minimum absolute atomic E-state index is 0.0905. The largest absolute Gasteiger partial charge is 0.495 e. The van der Waals surface area contributed by atoms with Gasteiger partial charge in [0.2, 0.25) is 0 Å². The van der Waals surface area contributed by atoms with Crippen LogP contribution in [0.4, 0.5) is 30.4 Å². The number of methoxy groups -OCH3 is 1. The Bertz CT molecular complexity index is 1360. The van der Waals surface area contributed by atoms with E-state index in [9.17, 15) is 27.9 Å². The SMILES string of the molecule is COc1cc(C(F)(F)F)ccc1Nc1nccn(-c2cc(C)c(N3CCC(C(=O)O)CC3)c(C)n2)c1=O. The van der Waals surface area contributed by atoms with Crippen molar-refractivity contribution in [3.63, 3.8) is 0 Å². The molecule has 37 heavy (non-hydrogen) atoms. The molecule has 0 spiro atoms. The van der Waals surface area contributed by atoms with Crippen LogP contribution in [0.5, 0.6) is 5.75 Å². The van der Waals surface area contributed by atoms with Gasteiger partial charge >= 0.3 is 12.1 Å². The van der Waals surface area contributed by atoms with Crippen LogP contribution >= 0.6 is 0 Å². The average Bonchev–Trinajstić information content (AvgIpc) is 2.84. The highest BCUT2D eigenvalue weighted by Gasteiger charge is 2.31. The number of anilines is 3. The number of carboxylic acid groups (broad SMARTS) is 1. The smallest absolute Gasteiger partial charge is 0.416 e. The van der Waals surface area contributed by atoms with Crippen LogP contribution in [0.3, 0.4) is 0 Å². The molecule has 1 aromatic carbocycles. The molecule has 0 amide bonds. The third-order valence-electron chi connectivity index (χ3n) is 6.37. The van der Waals surface area contributed by atoms with E-state index in [1.54, 1.807) is 6.07 Å². The number of aliphatic carboxylic acids is 1. The Labute approximate surface area is 210 Å². The van der Waals surface area contributed by atoms with Crippen molar-refractivity contribution in [2.24, 2.45) is 5.92 Å². The van der Waals surface area contributed by atoms with Gasteiger partial charge in [-0.25, -0.2) is 9.97 Å². The molecule has 1 fully saturated rings. The lowest BCUT2D eigenvalue weighted by molar-refractivity contribution is -0.142. The lowest BCUT2D eigenvalue weighted by atomic mass is 9.96. The summed E-state index contributed by atoms with van der Waals surface area (Å²) in [7, 11) is 1.23. The summed E-state index contributed by atoms with van der Waals surface area (Å²) >= 11 is 0. The number of carbonyl (C=O) groups is 1. The highest BCUT2D eigenvalue weighted by Crippen LogP contribution is 2.36. The van der Waals surface area contributed by atoms with Gasteiger partial charge in [0.05, 0.1) is 35.7 Å². The Morgan fingerprint density at radius 1 is 1.19 bits per heavy atom. The lowest BCUT2D eigenvalue weighted by Crippen LogP contribution is -2.37. The Kier molecular flexibility index (Phi) is 7.10. The van der Waals surface area contributed by atoms with Crippen molar-refractivity contribution in [1.82, 2.24) is 14.5 Å². The summed E-state index contributed by atoms with van der Waals surface area (Å²) in [5.41, 5.74) is 1.19. The predicted molar refractivity (Wildman–Crippen MR) is 131 cm³/mol. The van der Waals surface area contributed by atoms with Crippen LogP contribution in [0.2, 0.25) is 0 Å². The number of aromatic nitrogens is 3. The Hall–Kier alpha value is -4.09. The van der Waals surface area contributed by atoms with Crippen molar-refractivity contribution in [3.05, 3.63) is 63.8 Å². The summed E-state index contributed by atoms with van der Waals surface area (Å²) in [6.45, 7) is 4.92. The van der Waals surface area contributed by atoms with E-state index in [4.69, 9.17) is 4.74 Å². The van der Waals surface area contributed by atoms with Crippen molar-refractivity contribution < 1.29 is 27.8 Å². The number of pyridine rings is 1. The van der Waals surface area contributed by atoms with Gasteiger partial charge in [-0.1, -0.05) is 0 Å². The summed E-state index contributed by atoms with van der Waals surface area (Å²) in [5, 5.41) is 12.0. The molecule has 196 valence electrons. The molecule has 0 aliphatic carbocycles. The van der Waals surface area contributed by atoms with Gasteiger partial charge in [-0.3, -0.25) is 14.2 Å². The molecule has 2 aromatic heterocycles. The first-order valence-corrected chi connectivity index (χ1v) is 11.6. The fourth-order valence-electron chi connectivity index (χ4n) is 4.53. The van der Waals surface area contributed by atoms with Crippen molar-refractivity contribution in [3.8, 4) is 11.6 Å². The number of halogens is 3. The number of aryl methyl sites for hydroxylation is 2. The van der Waals surface area contributed by atoms with Crippen molar-refractivity contribution in [1.29, 1.82) is 0 Å². The maximum absolute atomic E-state index is 13.2. The first-order valence-electron chi connectivity index (χ1n) is 11.6. The summed E-state index contributed by atoms with van der Waals surface area (Å²) < 4.78 is 45.5. The number of nitrogens with one attached hydrogen (secondary N) is 1. The quantitative estimate of drug-likeness (QED) is 0.498. The number of ether oxygens (including phenoxy) is 1. The number of hydrogen-bond donors (Lipinski definition) is 2. The second-order valence-corrected chi connectivity index (χ2v) is 8.82. The van der Waals surface area contributed by atoms with Gasteiger partial charge in [0.25, 0.3) is 5.56 Å². The summed E-state index contributed by atoms with van der Waals surface area (Å²) in [4.78, 5) is 35.3. The highest BCUT2D eigenvalue weighted by atomic mass is 19.4. The predicted octanol–water partition coefficient (Wildman–Crippen LogP) is 4.32. The Balaban J connectivity index is 1.63. The average molecular weight is 518 g/mol. The van der Waals surface area contributed by atoms with Crippen LogP contribution in [0.15, 0.2) is 41.5 Å². The molecule has 1 aliphatic heterocycles. The number of hydrogen-bond acceptors (Lipinski definition) is 7. The number of carboxylic acids is 1. The molecule has 0 atom stereocenters. The van der Waals surface area contributed by atoms with Gasteiger partial charge in [-0.05, 0) is 56.5 Å². The molecule has 1 saturated heterocycles. The number of alkyl halides is 3. The van der Waals surface area contributed by atoms with E-state index in [0.717, 1.165) is 23.4 Å². The van der Waals surface area contributed by atoms with Gasteiger partial charge in [-0.2, -0.15) is 13.2 Å². The standard InChI is InChI=1S/C25H26F3N5O4/c1-14-12-20(30-15(2)21(14)32-9-6-16(7-10-32)24(35)36)33-11-8-29-22(23(33)34)31-18-5-4-17(25(26,27)28)13-19(18)37-3/h4-5,8,11-13,16H,6-7,9-10H2,1-3H3,(H,29,31)(H,35,36). The maximum atomic E-state index is 13.2. The molecule has 2 N–H and O–H groups in total. The first-order chi connectivity index (χ1) is 17.5. The van der Waals surface area contributed by atoms with Crippen LogP contribution in [-0.4, -0.2) is 45.8 Å². The summed E-state index contributed by atoms with van der Waals surface area (Å²) in [6, 6.07) is 4.67. The summed E-state index contributed by atoms with van der Waals surface area (Å²) in [6.07, 6.45) is -0.609. The Morgan fingerprint density at radius 3 is 2.49 bits per heavy atom. The molecule has 4 rings (SSSR count). The van der Waals surface area contributed by atoms with Crippen LogP contribution in [0.25, 0.3) is 5.82 Å². The molecular weight excluding hydrogens is 491 g/mol. The minimum atomic E-state index is -4.54. The molecule has 3 aromatic rings. The number of benzene rings is 1. The maximum Gasteiger partial charge on any atom is 0.416 e. The topological polar surface area (TPSA) is 110 Å². The minimum Gasteiger partial charge on any atom is -0.495 e.